The smallest absolute Gasteiger partial charge is 0.283 e. The SMILES string of the molecule is C=C(C)C(F)(F)[C@@H]1CCCN1CC1(CO)CC1. The van der Waals surface area contributed by atoms with E-state index < -0.39 is 12.0 Å². The first kappa shape index (κ1) is 13.0. The molecular formula is C13H21F2NO. The fourth-order valence-corrected chi connectivity index (χ4v) is 2.68. The summed E-state index contributed by atoms with van der Waals surface area (Å²) in [7, 11) is 0. The molecule has 2 rings (SSSR count). The number of halogens is 2. The first-order chi connectivity index (χ1) is 7.91. The van der Waals surface area contributed by atoms with Crippen LogP contribution >= 0.6 is 0 Å². The Morgan fingerprint density at radius 2 is 2.18 bits per heavy atom. The number of hydrogen-bond acceptors (Lipinski definition) is 2. The second-order valence-corrected chi connectivity index (χ2v) is 5.69. The number of hydrogen-bond donors (Lipinski definition) is 1. The van der Waals surface area contributed by atoms with Gasteiger partial charge in [0, 0.05) is 18.6 Å². The van der Waals surface area contributed by atoms with Crippen LogP contribution in [0.3, 0.4) is 0 Å². The molecule has 1 aliphatic heterocycles. The highest BCUT2D eigenvalue weighted by Gasteiger charge is 2.50. The average Bonchev–Trinajstić information content (AvgIpc) is 2.87. The lowest BCUT2D eigenvalue weighted by atomic mass is 10.00. The van der Waals surface area contributed by atoms with Gasteiger partial charge < -0.3 is 5.11 Å². The summed E-state index contributed by atoms with van der Waals surface area (Å²) in [6.45, 7) is 6.26. The van der Waals surface area contributed by atoms with Gasteiger partial charge in [0.1, 0.15) is 0 Å². The highest BCUT2D eigenvalue weighted by molar-refractivity contribution is 5.12. The minimum atomic E-state index is -2.80. The van der Waals surface area contributed by atoms with Crippen molar-refractivity contribution in [2.24, 2.45) is 5.41 Å². The molecule has 1 saturated heterocycles. The first-order valence-corrected chi connectivity index (χ1v) is 6.30. The monoisotopic (exact) mass is 245 g/mol. The summed E-state index contributed by atoms with van der Waals surface area (Å²) in [6.07, 6.45) is 3.27. The maximum Gasteiger partial charge on any atom is 0.283 e. The molecule has 0 amide bonds. The van der Waals surface area contributed by atoms with Crippen LogP contribution < -0.4 is 0 Å². The molecule has 0 aromatic heterocycles. The van der Waals surface area contributed by atoms with E-state index in [-0.39, 0.29) is 17.6 Å². The normalized spacial score (nSPS) is 28.4. The molecule has 0 radical (unpaired) electrons. The van der Waals surface area contributed by atoms with Crippen LogP contribution in [-0.2, 0) is 0 Å². The number of likely N-dealkylation sites (tertiary alicyclic amines) is 1. The molecule has 98 valence electrons. The maximum atomic E-state index is 14.0. The fourth-order valence-electron chi connectivity index (χ4n) is 2.68. The molecule has 0 bridgehead atoms. The largest absolute Gasteiger partial charge is 0.396 e. The van der Waals surface area contributed by atoms with Crippen LogP contribution in [0.1, 0.15) is 32.6 Å². The van der Waals surface area contributed by atoms with Crippen LogP contribution in [0.5, 0.6) is 0 Å². The molecule has 2 fully saturated rings. The van der Waals surface area contributed by atoms with Gasteiger partial charge in [0.25, 0.3) is 5.92 Å². The van der Waals surface area contributed by atoms with Gasteiger partial charge in [-0.2, -0.15) is 8.78 Å². The molecular weight excluding hydrogens is 224 g/mol. The highest BCUT2D eigenvalue weighted by Crippen LogP contribution is 2.48. The highest BCUT2D eigenvalue weighted by atomic mass is 19.3. The van der Waals surface area contributed by atoms with Crippen molar-refractivity contribution in [1.29, 1.82) is 0 Å². The van der Waals surface area contributed by atoms with Gasteiger partial charge >= 0.3 is 0 Å². The minimum Gasteiger partial charge on any atom is -0.396 e. The van der Waals surface area contributed by atoms with Gasteiger partial charge in [-0.25, -0.2) is 0 Å². The molecule has 0 spiro atoms. The Labute approximate surface area is 101 Å². The third-order valence-electron chi connectivity index (χ3n) is 4.18. The molecule has 4 heteroatoms. The third kappa shape index (κ3) is 2.38. The molecule has 1 N–H and O–H groups in total. The molecule has 0 aromatic carbocycles. The lowest BCUT2D eigenvalue weighted by Crippen LogP contribution is -2.47. The van der Waals surface area contributed by atoms with Gasteiger partial charge in [-0.3, -0.25) is 4.90 Å². The summed E-state index contributed by atoms with van der Waals surface area (Å²) < 4.78 is 28.0. The Kier molecular flexibility index (Phi) is 3.29. The quantitative estimate of drug-likeness (QED) is 0.752. The molecule has 1 heterocycles. The van der Waals surface area contributed by atoms with Crippen LogP contribution in [-0.4, -0.2) is 41.7 Å². The number of aliphatic hydroxyl groups is 1. The Balaban J connectivity index is 2.05. The standard InChI is InChI=1S/C13H21F2NO/c1-10(2)13(14,15)11-4-3-7-16(11)8-12(9-17)5-6-12/h11,17H,1,3-9H2,2H3/t11-/m0/s1. The van der Waals surface area contributed by atoms with E-state index in [9.17, 15) is 13.9 Å². The first-order valence-electron chi connectivity index (χ1n) is 6.30. The van der Waals surface area contributed by atoms with Crippen LogP contribution in [0.25, 0.3) is 0 Å². The molecule has 1 atom stereocenters. The molecule has 17 heavy (non-hydrogen) atoms. The summed E-state index contributed by atoms with van der Waals surface area (Å²) in [4.78, 5) is 1.86. The fraction of sp³-hybridized carbons (Fsp3) is 0.846. The van der Waals surface area contributed by atoms with E-state index in [1.807, 2.05) is 4.90 Å². The number of rotatable bonds is 5. The zero-order valence-corrected chi connectivity index (χ0v) is 10.4. The van der Waals surface area contributed by atoms with Gasteiger partial charge in [0.05, 0.1) is 6.04 Å². The predicted molar refractivity (Wildman–Crippen MR) is 63.1 cm³/mol. The topological polar surface area (TPSA) is 23.5 Å². The maximum absolute atomic E-state index is 14.0. The van der Waals surface area contributed by atoms with Crippen LogP contribution in [0.2, 0.25) is 0 Å². The van der Waals surface area contributed by atoms with Crippen molar-refractivity contribution in [2.75, 3.05) is 19.7 Å². The van der Waals surface area contributed by atoms with E-state index in [0.29, 0.717) is 13.0 Å². The summed E-state index contributed by atoms with van der Waals surface area (Å²) in [5.74, 6) is -2.80. The van der Waals surface area contributed by atoms with Gasteiger partial charge in [-0.15, -0.1) is 0 Å². The number of aliphatic hydroxyl groups excluding tert-OH is 1. The molecule has 0 aromatic rings. The van der Waals surface area contributed by atoms with Crippen molar-refractivity contribution < 1.29 is 13.9 Å². The summed E-state index contributed by atoms with van der Waals surface area (Å²) in [6, 6.07) is -0.718. The second kappa shape index (κ2) is 4.32. The van der Waals surface area contributed by atoms with Crippen molar-refractivity contribution in [3.63, 3.8) is 0 Å². The van der Waals surface area contributed by atoms with Gasteiger partial charge in [-0.05, 0) is 44.7 Å². The van der Waals surface area contributed by atoms with Crippen LogP contribution in [0.4, 0.5) is 8.78 Å². The predicted octanol–water partition coefficient (Wildman–Crippen LogP) is 2.43. The molecule has 0 unspecified atom stereocenters. The zero-order valence-electron chi connectivity index (χ0n) is 10.4. The molecule has 1 aliphatic carbocycles. The molecule has 2 nitrogen and oxygen atoms in total. The van der Waals surface area contributed by atoms with E-state index in [1.54, 1.807) is 0 Å². The molecule has 1 saturated carbocycles. The Bertz CT molecular complexity index is 313. The number of alkyl halides is 2. The van der Waals surface area contributed by atoms with Crippen molar-refractivity contribution >= 4 is 0 Å². The van der Waals surface area contributed by atoms with Crippen LogP contribution in [0.15, 0.2) is 12.2 Å². The Morgan fingerprint density at radius 3 is 2.65 bits per heavy atom. The minimum absolute atomic E-state index is 0.0526. The van der Waals surface area contributed by atoms with E-state index in [2.05, 4.69) is 6.58 Å². The second-order valence-electron chi connectivity index (χ2n) is 5.69. The van der Waals surface area contributed by atoms with Crippen molar-refractivity contribution in [3.8, 4) is 0 Å². The summed E-state index contributed by atoms with van der Waals surface area (Å²) in [5, 5.41) is 9.28. The van der Waals surface area contributed by atoms with Crippen LogP contribution in [0, 0.1) is 5.41 Å². The van der Waals surface area contributed by atoms with E-state index in [0.717, 1.165) is 25.8 Å². The van der Waals surface area contributed by atoms with E-state index >= 15 is 0 Å². The van der Waals surface area contributed by atoms with Gasteiger partial charge in [0.2, 0.25) is 0 Å². The zero-order chi connectivity index (χ0) is 12.7. The molecule has 2 aliphatic rings. The summed E-state index contributed by atoms with van der Waals surface area (Å²) in [5.41, 5.74) is -0.142. The van der Waals surface area contributed by atoms with E-state index in [1.165, 1.54) is 6.92 Å². The third-order valence-corrected chi connectivity index (χ3v) is 4.18. The lowest BCUT2D eigenvalue weighted by molar-refractivity contribution is -0.0425. The van der Waals surface area contributed by atoms with Crippen molar-refractivity contribution in [3.05, 3.63) is 12.2 Å². The Morgan fingerprint density at radius 1 is 1.53 bits per heavy atom. The average molecular weight is 245 g/mol. The number of nitrogens with zero attached hydrogens (tertiary/aromatic N) is 1. The Hall–Kier alpha value is -0.480. The van der Waals surface area contributed by atoms with Crippen molar-refractivity contribution in [1.82, 2.24) is 4.90 Å². The van der Waals surface area contributed by atoms with Gasteiger partial charge in [-0.1, -0.05) is 6.58 Å². The van der Waals surface area contributed by atoms with Gasteiger partial charge in [0.15, 0.2) is 0 Å². The van der Waals surface area contributed by atoms with E-state index in [4.69, 9.17) is 0 Å². The summed E-state index contributed by atoms with van der Waals surface area (Å²) >= 11 is 0. The van der Waals surface area contributed by atoms with Crippen molar-refractivity contribution in [2.45, 2.75) is 44.6 Å². The lowest BCUT2D eigenvalue weighted by Gasteiger charge is -2.33.